The van der Waals surface area contributed by atoms with Gasteiger partial charge in [-0.3, -0.25) is 4.99 Å². The second-order valence-electron chi connectivity index (χ2n) is 6.08. The molecule has 0 radical (unpaired) electrons. The fraction of sp³-hybridized carbons (Fsp3) is 0.444. The molecule has 7 nitrogen and oxygen atoms in total. The number of hydrogen-bond acceptors (Lipinski definition) is 4. The fourth-order valence-corrected chi connectivity index (χ4v) is 3.02. The molecule has 1 saturated heterocycles. The number of imidazole rings is 1. The Bertz CT molecular complexity index is 728. The van der Waals surface area contributed by atoms with Gasteiger partial charge < -0.3 is 25.1 Å². The normalized spacial score (nSPS) is 18.2. The molecule has 0 amide bonds. The predicted octanol–water partition coefficient (Wildman–Crippen LogP) is 2.22. The fourth-order valence-electron chi connectivity index (χ4n) is 3.02. The number of aromatic nitrogens is 2. The van der Waals surface area contributed by atoms with Crippen molar-refractivity contribution in [3.8, 4) is 5.75 Å². The minimum atomic E-state index is -0.260. The Morgan fingerprint density at radius 2 is 2.31 bits per heavy atom. The lowest BCUT2D eigenvalue weighted by atomic mass is 10.0. The van der Waals surface area contributed by atoms with E-state index in [-0.39, 0.29) is 36.1 Å². The van der Waals surface area contributed by atoms with E-state index < -0.39 is 0 Å². The number of ether oxygens (including phenoxy) is 2. The number of hydrogen-bond donors (Lipinski definition) is 2. The van der Waals surface area contributed by atoms with Gasteiger partial charge in [-0.25, -0.2) is 4.98 Å². The molecule has 8 heteroatoms. The van der Waals surface area contributed by atoms with Gasteiger partial charge in [0.1, 0.15) is 17.6 Å². The smallest absolute Gasteiger partial charge is 0.189 e. The summed E-state index contributed by atoms with van der Waals surface area (Å²) in [6.07, 6.45) is 5.95. The van der Waals surface area contributed by atoms with E-state index in [0.717, 1.165) is 36.6 Å². The maximum Gasteiger partial charge on any atom is 0.189 e. The number of methoxy groups -OCH3 is 1. The molecule has 0 aliphatic carbocycles. The van der Waals surface area contributed by atoms with E-state index >= 15 is 0 Å². The molecule has 1 aliphatic heterocycles. The van der Waals surface area contributed by atoms with Crippen molar-refractivity contribution >= 4 is 29.9 Å². The topological polar surface area (TPSA) is 86.7 Å². The summed E-state index contributed by atoms with van der Waals surface area (Å²) in [6.45, 7) is 1.38. The van der Waals surface area contributed by atoms with Crippen LogP contribution in [0, 0.1) is 0 Å². The zero-order valence-corrected chi connectivity index (χ0v) is 17.4. The predicted molar refractivity (Wildman–Crippen MR) is 112 cm³/mol. The zero-order valence-electron chi connectivity index (χ0n) is 15.1. The molecule has 0 bridgehead atoms. The van der Waals surface area contributed by atoms with E-state index in [4.69, 9.17) is 15.2 Å². The molecule has 3 N–H and O–H groups in total. The van der Waals surface area contributed by atoms with Crippen molar-refractivity contribution in [2.45, 2.75) is 25.0 Å². The first-order valence-electron chi connectivity index (χ1n) is 8.47. The van der Waals surface area contributed by atoms with Gasteiger partial charge in [-0.05, 0) is 18.9 Å². The highest BCUT2D eigenvalue weighted by atomic mass is 127. The number of aliphatic imine (C=N–C) groups is 1. The summed E-state index contributed by atoms with van der Waals surface area (Å²) in [6, 6.07) is 7.57. The maximum absolute atomic E-state index is 6.14. The van der Waals surface area contributed by atoms with Crippen molar-refractivity contribution in [2.24, 2.45) is 17.8 Å². The minimum Gasteiger partial charge on any atom is -0.496 e. The lowest BCUT2D eigenvalue weighted by Crippen LogP contribution is -2.37. The lowest BCUT2D eigenvalue weighted by molar-refractivity contribution is 0.117. The molecule has 2 aromatic rings. The van der Waals surface area contributed by atoms with Gasteiger partial charge in [0.05, 0.1) is 19.8 Å². The van der Waals surface area contributed by atoms with E-state index in [9.17, 15) is 0 Å². The largest absolute Gasteiger partial charge is 0.496 e. The van der Waals surface area contributed by atoms with Crippen molar-refractivity contribution in [3.63, 3.8) is 0 Å². The molecule has 0 spiro atoms. The van der Waals surface area contributed by atoms with Crippen LogP contribution in [0.15, 0.2) is 41.7 Å². The molecule has 1 aromatic heterocycles. The third-order valence-corrected chi connectivity index (χ3v) is 4.35. The van der Waals surface area contributed by atoms with E-state index in [2.05, 4.69) is 15.3 Å². The summed E-state index contributed by atoms with van der Waals surface area (Å²) in [5, 5.41) is 3.28. The Morgan fingerprint density at radius 3 is 2.96 bits per heavy atom. The molecular weight excluding hydrogens is 445 g/mol. The van der Waals surface area contributed by atoms with Crippen molar-refractivity contribution in [1.29, 1.82) is 0 Å². The monoisotopic (exact) mass is 471 g/mol. The number of benzene rings is 1. The number of rotatable bonds is 6. The maximum atomic E-state index is 6.14. The second kappa shape index (κ2) is 9.77. The van der Waals surface area contributed by atoms with Gasteiger partial charge in [-0.1, -0.05) is 18.2 Å². The Hall–Kier alpha value is -1.81. The highest BCUT2D eigenvalue weighted by Gasteiger charge is 2.22. The summed E-state index contributed by atoms with van der Waals surface area (Å²) < 4.78 is 13.1. The highest BCUT2D eigenvalue weighted by molar-refractivity contribution is 14.0. The molecule has 3 rings (SSSR count). The van der Waals surface area contributed by atoms with Crippen LogP contribution in [0.5, 0.6) is 5.75 Å². The number of nitrogens with two attached hydrogens (primary N) is 1. The van der Waals surface area contributed by atoms with Gasteiger partial charge in [0.25, 0.3) is 0 Å². The number of halogens is 1. The van der Waals surface area contributed by atoms with Crippen LogP contribution >= 0.6 is 24.0 Å². The van der Waals surface area contributed by atoms with E-state index in [1.165, 1.54) is 0 Å². The summed E-state index contributed by atoms with van der Waals surface area (Å²) in [5.41, 5.74) is 7.10. The van der Waals surface area contributed by atoms with Crippen molar-refractivity contribution in [2.75, 3.05) is 20.3 Å². The first kappa shape index (κ1) is 20.5. The quantitative estimate of drug-likeness (QED) is 0.384. The molecule has 142 valence electrons. The third-order valence-electron chi connectivity index (χ3n) is 4.35. The Labute approximate surface area is 171 Å². The number of aryl methyl sites for hydroxylation is 1. The molecule has 26 heavy (non-hydrogen) atoms. The van der Waals surface area contributed by atoms with Gasteiger partial charge in [-0.15, -0.1) is 24.0 Å². The van der Waals surface area contributed by atoms with Gasteiger partial charge in [0, 0.05) is 31.6 Å². The standard InChI is InChI=1S/C18H25N5O2.HI/c1-23-10-9-20-17(23)16(14-7-3-4-8-15(14)24-2)22-18(19)21-12-13-6-5-11-25-13;/h3-4,7-10,13,16H,5-6,11-12H2,1-2H3,(H3,19,21,22);1H. The number of para-hydroxylation sites is 1. The van der Waals surface area contributed by atoms with Crippen molar-refractivity contribution < 1.29 is 9.47 Å². The van der Waals surface area contributed by atoms with E-state index in [1.54, 1.807) is 13.3 Å². The first-order chi connectivity index (χ1) is 12.2. The summed E-state index contributed by atoms with van der Waals surface area (Å²) in [4.78, 5) is 8.92. The van der Waals surface area contributed by atoms with E-state index in [1.807, 2.05) is 42.1 Å². The van der Waals surface area contributed by atoms with Crippen molar-refractivity contribution in [1.82, 2.24) is 14.9 Å². The Balaban J connectivity index is 0.00000243. The van der Waals surface area contributed by atoms with Crippen LogP contribution in [0.2, 0.25) is 0 Å². The molecule has 2 atom stereocenters. The van der Waals surface area contributed by atoms with Crippen LogP contribution in [0.4, 0.5) is 0 Å². The Kier molecular flexibility index (Phi) is 7.70. The Morgan fingerprint density at radius 1 is 1.50 bits per heavy atom. The molecule has 2 heterocycles. The number of nitrogens with zero attached hydrogens (tertiary/aromatic N) is 3. The van der Waals surface area contributed by atoms with Gasteiger partial charge in [0.15, 0.2) is 5.96 Å². The zero-order chi connectivity index (χ0) is 17.6. The molecule has 1 fully saturated rings. The van der Waals surface area contributed by atoms with Crippen molar-refractivity contribution in [3.05, 3.63) is 48.0 Å². The van der Waals surface area contributed by atoms with Gasteiger partial charge in [0.2, 0.25) is 0 Å². The second-order valence-corrected chi connectivity index (χ2v) is 6.08. The van der Waals surface area contributed by atoms with Crippen LogP contribution in [0.3, 0.4) is 0 Å². The third kappa shape index (κ3) is 4.88. The van der Waals surface area contributed by atoms with Gasteiger partial charge >= 0.3 is 0 Å². The number of guanidine groups is 1. The molecule has 2 unspecified atom stereocenters. The average molecular weight is 471 g/mol. The molecule has 1 aliphatic rings. The molecular formula is C18H26IN5O2. The van der Waals surface area contributed by atoms with E-state index in [0.29, 0.717) is 12.5 Å². The SMILES string of the molecule is COc1ccccc1C(NC(N)=NCC1CCCO1)c1nccn1C.I. The van der Waals surface area contributed by atoms with Gasteiger partial charge in [-0.2, -0.15) is 0 Å². The minimum absolute atomic E-state index is 0. The summed E-state index contributed by atoms with van der Waals surface area (Å²) in [5.74, 6) is 1.98. The lowest BCUT2D eigenvalue weighted by Gasteiger charge is -2.21. The van der Waals surface area contributed by atoms with Crippen LogP contribution in [-0.2, 0) is 11.8 Å². The highest BCUT2D eigenvalue weighted by Crippen LogP contribution is 2.28. The van der Waals surface area contributed by atoms with Crippen LogP contribution in [-0.4, -0.2) is 41.9 Å². The molecule has 0 saturated carbocycles. The average Bonchev–Trinajstić information content (AvgIpc) is 3.29. The summed E-state index contributed by atoms with van der Waals surface area (Å²) in [7, 11) is 3.61. The molecule has 1 aromatic carbocycles. The summed E-state index contributed by atoms with van der Waals surface area (Å²) >= 11 is 0. The van der Waals surface area contributed by atoms with Crippen LogP contribution in [0.25, 0.3) is 0 Å². The first-order valence-corrected chi connectivity index (χ1v) is 8.47. The van der Waals surface area contributed by atoms with Crippen LogP contribution in [0.1, 0.15) is 30.3 Å². The number of nitrogens with one attached hydrogen (secondary N) is 1. The van der Waals surface area contributed by atoms with Crippen LogP contribution < -0.4 is 15.8 Å².